The first-order valence-electron chi connectivity index (χ1n) is 7.79. The van der Waals surface area contributed by atoms with Crippen LogP contribution in [0.1, 0.15) is 12.2 Å². The molecule has 0 saturated carbocycles. The van der Waals surface area contributed by atoms with Crippen LogP contribution in [0.25, 0.3) is 27.1 Å². The van der Waals surface area contributed by atoms with E-state index in [-0.39, 0.29) is 0 Å². The summed E-state index contributed by atoms with van der Waals surface area (Å²) in [6.07, 6.45) is 7.58. The highest BCUT2D eigenvalue weighted by molar-refractivity contribution is 7.21. The van der Waals surface area contributed by atoms with Crippen LogP contribution in [0.2, 0.25) is 0 Å². The highest BCUT2D eigenvalue weighted by Gasteiger charge is 2.10. The quantitative estimate of drug-likeness (QED) is 0.691. The van der Waals surface area contributed by atoms with Gasteiger partial charge in [-0.2, -0.15) is 0 Å². The molecule has 2 aromatic heterocycles. The number of rotatable bonds is 3. The number of para-hydroxylation sites is 1. The Morgan fingerprint density at radius 3 is 2.91 bits per heavy atom. The first kappa shape index (κ1) is 14.4. The van der Waals surface area contributed by atoms with Crippen LogP contribution in [0.5, 0.6) is 0 Å². The molecular weight excluding hydrogens is 304 g/mol. The smallest absolute Gasteiger partial charge is 0.163 e. The van der Waals surface area contributed by atoms with Gasteiger partial charge in [-0.05, 0) is 49.4 Å². The van der Waals surface area contributed by atoms with Gasteiger partial charge in [0.05, 0.1) is 10.2 Å². The lowest BCUT2D eigenvalue weighted by Gasteiger charge is -2.20. The number of allylic oxidation sites excluding steroid dienone is 1. The zero-order valence-corrected chi connectivity index (χ0v) is 13.8. The molecule has 0 amide bonds. The minimum atomic E-state index is 0.836. The Labute approximate surface area is 139 Å². The molecule has 3 heterocycles. The van der Waals surface area contributed by atoms with E-state index in [2.05, 4.69) is 35.1 Å². The van der Waals surface area contributed by atoms with Crippen LogP contribution in [-0.2, 0) is 0 Å². The Hall–Kier alpha value is -2.17. The van der Waals surface area contributed by atoms with Crippen LogP contribution < -0.4 is 0 Å². The van der Waals surface area contributed by atoms with Gasteiger partial charge in [-0.15, -0.1) is 11.3 Å². The monoisotopic (exact) mass is 322 g/mol. The van der Waals surface area contributed by atoms with Gasteiger partial charge in [-0.3, -0.25) is 0 Å². The van der Waals surface area contributed by atoms with Crippen LogP contribution in [0.4, 0.5) is 0 Å². The second-order valence-electron chi connectivity index (χ2n) is 5.81. The molecule has 0 radical (unpaired) electrons. The number of likely N-dealkylation sites (N-methyl/N-ethyl adjacent to an activating group) is 1. The average Bonchev–Trinajstić information content (AvgIpc) is 3.21. The summed E-state index contributed by atoms with van der Waals surface area (Å²) >= 11 is 1.66. The molecule has 23 heavy (non-hydrogen) atoms. The predicted molar refractivity (Wildman–Crippen MR) is 96.6 cm³/mol. The SMILES string of the molecule is CN1CC=C(C=Cc2ccc(-c3nc4ccccc4s3)o2)CC1. The van der Waals surface area contributed by atoms with E-state index in [1.54, 1.807) is 11.3 Å². The van der Waals surface area contributed by atoms with Crippen LogP contribution >= 0.6 is 11.3 Å². The lowest BCUT2D eigenvalue weighted by Crippen LogP contribution is -2.23. The van der Waals surface area contributed by atoms with Crippen molar-refractivity contribution in [2.45, 2.75) is 6.42 Å². The van der Waals surface area contributed by atoms with Gasteiger partial charge in [0.1, 0.15) is 5.76 Å². The Morgan fingerprint density at radius 2 is 2.09 bits per heavy atom. The molecule has 0 atom stereocenters. The van der Waals surface area contributed by atoms with Crippen molar-refractivity contribution in [3.63, 3.8) is 0 Å². The molecule has 0 N–H and O–H groups in total. The van der Waals surface area contributed by atoms with Crippen molar-refractivity contribution in [1.82, 2.24) is 9.88 Å². The minimum Gasteiger partial charge on any atom is -0.454 e. The molecular formula is C19H18N2OS. The summed E-state index contributed by atoms with van der Waals surface area (Å²) in [4.78, 5) is 6.95. The molecule has 0 unspecified atom stereocenters. The van der Waals surface area contributed by atoms with Crippen LogP contribution in [0, 0.1) is 0 Å². The van der Waals surface area contributed by atoms with Crippen molar-refractivity contribution in [3.8, 4) is 10.8 Å². The molecule has 1 aliphatic heterocycles. The largest absolute Gasteiger partial charge is 0.454 e. The number of fused-ring (bicyclic) bond motifs is 1. The van der Waals surface area contributed by atoms with E-state index in [0.717, 1.165) is 41.6 Å². The summed E-state index contributed by atoms with van der Waals surface area (Å²) in [5.41, 5.74) is 2.40. The number of furan rings is 1. The molecule has 0 saturated heterocycles. The van der Waals surface area contributed by atoms with Gasteiger partial charge in [0, 0.05) is 13.1 Å². The number of hydrogen-bond donors (Lipinski definition) is 0. The third kappa shape index (κ3) is 3.14. The van der Waals surface area contributed by atoms with Gasteiger partial charge in [0.25, 0.3) is 0 Å². The van der Waals surface area contributed by atoms with Gasteiger partial charge in [0.15, 0.2) is 10.8 Å². The fraction of sp³-hybridized carbons (Fsp3) is 0.211. The number of nitrogens with zero attached hydrogens (tertiary/aromatic N) is 2. The molecule has 116 valence electrons. The van der Waals surface area contributed by atoms with Crippen LogP contribution in [0.3, 0.4) is 0 Å². The molecule has 0 aliphatic carbocycles. The van der Waals surface area contributed by atoms with Crippen molar-refractivity contribution in [3.05, 3.63) is 59.9 Å². The number of aromatic nitrogens is 1. The summed E-state index contributed by atoms with van der Waals surface area (Å²) in [5, 5.41) is 0.935. The topological polar surface area (TPSA) is 29.3 Å². The van der Waals surface area contributed by atoms with E-state index in [9.17, 15) is 0 Å². The van der Waals surface area contributed by atoms with Crippen LogP contribution in [-0.4, -0.2) is 30.0 Å². The Morgan fingerprint density at radius 1 is 1.17 bits per heavy atom. The third-order valence-electron chi connectivity index (χ3n) is 4.04. The lowest BCUT2D eigenvalue weighted by molar-refractivity contribution is 0.361. The normalized spacial score (nSPS) is 16.3. The fourth-order valence-electron chi connectivity index (χ4n) is 2.66. The van der Waals surface area contributed by atoms with Crippen molar-refractivity contribution in [2.75, 3.05) is 20.1 Å². The molecule has 4 heteroatoms. The standard InChI is InChI=1S/C19H18N2OS/c1-21-12-10-14(11-13-21)6-7-15-8-9-17(22-15)19-20-16-4-2-3-5-18(16)23-19/h2-10H,11-13H2,1H3. The maximum Gasteiger partial charge on any atom is 0.163 e. The first-order valence-corrected chi connectivity index (χ1v) is 8.61. The molecule has 3 aromatic rings. The Balaban J connectivity index is 1.54. The van der Waals surface area contributed by atoms with Gasteiger partial charge in [-0.25, -0.2) is 4.98 Å². The Kier molecular flexibility index (Phi) is 3.85. The molecule has 1 aromatic carbocycles. The highest BCUT2D eigenvalue weighted by Crippen LogP contribution is 2.31. The second kappa shape index (κ2) is 6.14. The van der Waals surface area contributed by atoms with Crippen molar-refractivity contribution < 1.29 is 4.42 Å². The summed E-state index contributed by atoms with van der Waals surface area (Å²) in [6, 6.07) is 12.2. The second-order valence-corrected chi connectivity index (χ2v) is 6.84. The lowest BCUT2D eigenvalue weighted by atomic mass is 10.1. The molecule has 0 fully saturated rings. The number of hydrogen-bond acceptors (Lipinski definition) is 4. The first-order chi connectivity index (χ1) is 11.3. The average molecular weight is 322 g/mol. The molecule has 3 nitrogen and oxygen atoms in total. The van der Waals surface area contributed by atoms with Crippen molar-refractivity contribution in [1.29, 1.82) is 0 Å². The molecule has 4 rings (SSSR count). The minimum absolute atomic E-state index is 0.836. The van der Waals surface area contributed by atoms with Gasteiger partial charge in [0.2, 0.25) is 0 Å². The van der Waals surface area contributed by atoms with Crippen molar-refractivity contribution in [2.24, 2.45) is 0 Å². The van der Waals surface area contributed by atoms with E-state index in [0.29, 0.717) is 0 Å². The number of thiazole rings is 1. The zero-order valence-electron chi connectivity index (χ0n) is 13.0. The van der Waals surface area contributed by atoms with E-state index in [1.807, 2.05) is 36.4 Å². The summed E-state index contributed by atoms with van der Waals surface area (Å²) in [6.45, 7) is 2.14. The van der Waals surface area contributed by atoms with Gasteiger partial charge < -0.3 is 9.32 Å². The van der Waals surface area contributed by atoms with Crippen LogP contribution in [0.15, 0.2) is 58.5 Å². The number of benzene rings is 1. The maximum atomic E-state index is 5.93. The van der Waals surface area contributed by atoms with E-state index >= 15 is 0 Å². The predicted octanol–water partition coefficient (Wildman–Crippen LogP) is 4.83. The molecule has 0 bridgehead atoms. The van der Waals surface area contributed by atoms with E-state index in [4.69, 9.17) is 4.42 Å². The van der Waals surface area contributed by atoms with E-state index in [1.165, 1.54) is 10.3 Å². The zero-order chi connectivity index (χ0) is 15.6. The summed E-state index contributed by atoms with van der Waals surface area (Å²) in [5.74, 6) is 1.71. The fourth-order valence-corrected chi connectivity index (χ4v) is 3.59. The summed E-state index contributed by atoms with van der Waals surface area (Å²) < 4.78 is 7.12. The summed E-state index contributed by atoms with van der Waals surface area (Å²) in [7, 11) is 2.15. The molecule has 1 aliphatic rings. The Bertz CT molecular complexity index is 855. The van der Waals surface area contributed by atoms with Gasteiger partial charge >= 0.3 is 0 Å². The third-order valence-corrected chi connectivity index (χ3v) is 5.09. The maximum absolute atomic E-state index is 5.93. The van der Waals surface area contributed by atoms with Gasteiger partial charge in [-0.1, -0.05) is 24.3 Å². The van der Waals surface area contributed by atoms with E-state index < -0.39 is 0 Å². The van der Waals surface area contributed by atoms with Crippen molar-refractivity contribution >= 4 is 27.6 Å². The molecule has 0 spiro atoms. The highest BCUT2D eigenvalue weighted by atomic mass is 32.1.